The van der Waals surface area contributed by atoms with Gasteiger partial charge in [0.2, 0.25) is 23.0 Å². The minimum absolute atomic E-state index is 0.00586. The van der Waals surface area contributed by atoms with Crippen LogP contribution in [0.25, 0.3) is 21.9 Å². The molecule has 0 unspecified atom stereocenters. The Hall–Kier alpha value is -3.88. The van der Waals surface area contributed by atoms with Crippen molar-refractivity contribution < 1.29 is 18.8 Å². The average Bonchev–Trinajstić information content (AvgIpc) is 3.03. The number of carbonyl (C=O) groups excluding carboxylic acids is 1. The smallest absolute Gasteiger partial charge is 0.231 e. The van der Waals surface area contributed by atoms with E-state index in [1.807, 2.05) is 0 Å². The third kappa shape index (κ3) is 2.65. The lowest BCUT2D eigenvalue weighted by Crippen LogP contribution is -2.14. The predicted octanol–water partition coefficient (Wildman–Crippen LogP) is 4.06. The molecule has 0 atom stereocenters. The maximum absolute atomic E-state index is 13.2. The fraction of sp³-hybridized carbons (Fsp3) is 0.0556. The van der Waals surface area contributed by atoms with Crippen LogP contribution in [0.3, 0.4) is 0 Å². The number of hydrogen-bond acceptors (Lipinski definition) is 7. The molecule has 0 aliphatic carbocycles. The fourth-order valence-electron chi connectivity index (χ4n) is 2.79. The molecule has 0 amide bonds. The molecule has 0 aliphatic heterocycles. The largest absolute Gasteiger partial charge is 0.492 e. The summed E-state index contributed by atoms with van der Waals surface area (Å²) in [7, 11) is 0. The molecule has 0 radical (unpaired) electrons. The zero-order valence-electron chi connectivity index (χ0n) is 13.9. The topological polar surface area (TPSA) is 110 Å². The highest BCUT2D eigenvalue weighted by Gasteiger charge is 2.19. The van der Waals surface area contributed by atoms with Crippen molar-refractivity contribution >= 4 is 39.3 Å². The first kappa shape index (κ1) is 16.6. The van der Waals surface area contributed by atoms with Crippen molar-refractivity contribution in [3.63, 3.8) is 0 Å². The lowest BCUT2D eigenvalue weighted by Gasteiger charge is -2.10. The predicted molar refractivity (Wildman–Crippen MR) is 94.3 cm³/mol. The van der Waals surface area contributed by atoms with Gasteiger partial charge in [0.1, 0.15) is 5.82 Å². The Morgan fingerprint density at radius 3 is 2.74 bits per heavy atom. The Balaban J connectivity index is 1.92. The molecule has 134 valence electrons. The lowest BCUT2D eigenvalue weighted by atomic mass is 10.2. The summed E-state index contributed by atoms with van der Waals surface area (Å²) in [6.07, 6.45) is 0. The van der Waals surface area contributed by atoms with Gasteiger partial charge in [0.25, 0.3) is 0 Å². The molecule has 0 fully saturated rings. The van der Waals surface area contributed by atoms with Gasteiger partial charge in [-0.1, -0.05) is 17.3 Å². The summed E-state index contributed by atoms with van der Waals surface area (Å²) in [5.41, 5.74) is -0.591. The summed E-state index contributed by atoms with van der Waals surface area (Å²) >= 11 is 0. The molecule has 9 heteroatoms. The highest BCUT2D eigenvalue weighted by atomic mass is 19.1. The molecule has 0 saturated carbocycles. The molecule has 4 aromatic rings. The Morgan fingerprint density at radius 1 is 1.19 bits per heavy atom. The van der Waals surface area contributed by atoms with Crippen molar-refractivity contribution in [2.75, 3.05) is 0 Å². The van der Waals surface area contributed by atoms with Crippen molar-refractivity contribution in [3.8, 4) is 5.88 Å². The van der Waals surface area contributed by atoms with E-state index in [1.54, 1.807) is 18.2 Å². The highest BCUT2D eigenvalue weighted by Crippen LogP contribution is 2.31. The summed E-state index contributed by atoms with van der Waals surface area (Å²) < 4.78 is 19.2. The van der Waals surface area contributed by atoms with E-state index in [0.717, 1.165) is 10.6 Å². The minimum Gasteiger partial charge on any atom is -0.492 e. The van der Waals surface area contributed by atoms with E-state index in [4.69, 9.17) is 4.52 Å². The van der Waals surface area contributed by atoms with E-state index >= 15 is 0 Å². The normalized spacial score (nSPS) is 11.6. The van der Waals surface area contributed by atoms with Crippen molar-refractivity contribution in [1.82, 2.24) is 9.72 Å². The first-order valence-corrected chi connectivity index (χ1v) is 7.81. The third-order valence-electron chi connectivity index (χ3n) is 4.00. The molecule has 0 aliphatic rings. The van der Waals surface area contributed by atoms with Gasteiger partial charge in [-0.25, -0.2) is 8.96 Å². The van der Waals surface area contributed by atoms with Crippen LogP contribution < -0.4 is 5.43 Å². The molecule has 8 nitrogen and oxygen atoms in total. The van der Waals surface area contributed by atoms with Crippen LogP contribution in [0.5, 0.6) is 5.88 Å². The van der Waals surface area contributed by atoms with E-state index in [2.05, 4.69) is 15.4 Å². The minimum atomic E-state index is -0.631. The van der Waals surface area contributed by atoms with Crippen LogP contribution >= 0.6 is 0 Å². The number of nitrogens with zero attached hydrogens (tertiary/aromatic N) is 4. The van der Waals surface area contributed by atoms with E-state index in [9.17, 15) is 19.1 Å². The van der Waals surface area contributed by atoms with Crippen LogP contribution in [0, 0.1) is 5.82 Å². The van der Waals surface area contributed by atoms with E-state index in [0.29, 0.717) is 5.39 Å². The number of benzene rings is 2. The van der Waals surface area contributed by atoms with Crippen LogP contribution in [-0.2, 0) is 0 Å². The number of aromatic hydroxyl groups is 1. The van der Waals surface area contributed by atoms with Gasteiger partial charge in [-0.15, -0.1) is 10.2 Å². The zero-order valence-corrected chi connectivity index (χ0v) is 13.9. The monoisotopic (exact) mass is 366 g/mol. The number of carbonyl (C=O) groups is 1. The maximum atomic E-state index is 13.2. The number of hydrogen-bond donors (Lipinski definition) is 1. The fourth-order valence-corrected chi connectivity index (χ4v) is 2.79. The van der Waals surface area contributed by atoms with Gasteiger partial charge >= 0.3 is 0 Å². The van der Waals surface area contributed by atoms with Gasteiger partial charge in [0.05, 0.1) is 10.9 Å². The molecule has 0 saturated heterocycles. The van der Waals surface area contributed by atoms with E-state index < -0.39 is 28.7 Å². The summed E-state index contributed by atoms with van der Waals surface area (Å²) in [5.74, 6) is -1.62. The lowest BCUT2D eigenvalue weighted by molar-refractivity contribution is 0.0932. The molecule has 1 N–H and O–H groups in total. The Kier molecular flexibility index (Phi) is 3.76. The highest BCUT2D eigenvalue weighted by molar-refractivity contribution is 5.94. The summed E-state index contributed by atoms with van der Waals surface area (Å²) in [6, 6.07) is 10.1. The number of para-hydroxylation sites is 1. The van der Waals surface area contributed by atoms with Gasteiger partial charge in [-0.2, -0.15) is 0 Å². The molecule has 2 aromatic heterocycles. The molecule has 0 spiro atoms. The second-order valence-electron chi connectivity index (χ2n) is 5.72. The SMILES string of the molecule is CC(=O)n1c(O)c(N=Nc2noc3cc(F)ccc23)c(=O)c2ccccc21. The van der Waals surface area contributed by atoms with Crippen LogP contribution in [0.4, 0.5) is 15.9 Å². The van der Waals surface area contributed by atoms with Crippen LogP contribution in [0.2, 0.25) is 0 Å². The number of rotatable bonds is 2. The molecule has 2 heterocycles. The molecule has 27 heavy (non-hydrogen) atoms. The van der Waals surface area contributed by atoms with Gasteiger partial charge in [0, 0.05) is 18.4 Å². The van der Waals surface area contributed by atoms with Crippen molar-refractivity contribution in [2.45, 2.75) is 6.92 Å². The molecule has 2 aromatic carbocycles. The first-order chi connectivity index (χ1) is 13.0. The second-order valence-corrected chi connectivity index (χ2v) is 5.72. The average molecular weight is 366 g/mol. The number of azo groups is 1. The Morgan fingerprint density at radius 2 is 1.96 bits per heavy atom. The van der Waals surface area contributed by atoms with Crippen molar-refractivity contribution in [2.24, 2.45) is 10.2 Å². The Bertz CT molecular complexity index is 1310. The summed E-state index contributed by atoms with van der Waals surface area (Å²) in [4.78, 5) is 24.6. The van der Waals surface area contributed by atoms with Crippen LogP contribution in [0.1, 0.15) is 11.7 Å². The number of aromatic nitrogens is 2. The van der Waals surface area contributed by atoms with E-state index in [1.165, 1.54) is 25.1 Å². The van der Waals surface area contributed by atoms with Gasteiger partial charge < -0.3 is 9.63 Å². The van der Waals surface area contributed by atoms with Crippen molar-refractivity contribution in [3.05, 3.63) is 58.5 Å². The van der Waals surface area contributed by atoms with Gasteiger partial charge in [0.15, 0.2) is 11.3 Å². The zero-order chi connectivity index (χ0) is 19.1. The Labute approximate surface area is 150 Å². The third-order valence-corrected chi connectivity index (χ3v) is 4.00. The first-order valence-electron chi connectivity index (χ1n) is 7.81. The van der Waals surface area contributed by atoms with Crippen LogP contribution in [0.15, 0.2) is 62.0 Å². The standard InChI is InChI=1S/C18H11FN4O4/c1-9(24)23-13-5-3-2-4-11(13)16(25)15(18(23)26)20-21-17-12-7-6-10(19)8-14(12)27-22-17/h2-8,26H,1H3. The molecule has 0 bridgehead atoms. The number of fused-ring (bicyclic) bond motifs is 2. The second kappa shape index (κ2) is 6.13. The van der Waals surface area contributed by atoms with Crippen LogP contribution in [-0.4, -0.2) is 20.7 Å². The van der Waals surface area contributed by atoms with Crippen molar-refractivity contribution in [1.29, 1.82) is 0 Å². The van der Waals surface area contributed by atoms with Gasteiger partial charge in [-0.3, -0.25) is 9.59 Å². The molecule has 4 rings (SSSR count). The number of pyridine rings is 1. The van der Waals surface area contributed by atoms with E-state index in [-0.39, 0.29) is 22.3 Å². The molecular weight excluding hydrogens is 355 g/mol. The summed E-state index contributed by atoms with van der Waals surface area (Å²) in [6.45, 7) is 1.25. The van der Waals surface area contributed by atoms with Gasteiger partial charge in [-0.05, 0) is 24.3 Å². The summed E-state index contributed by atoms with van der Waals surface area (Å²) in [5, 5.41) is 22.3. The number of halogens is 1. The maximum Gasteiger partial charge on any atom is 0.231 e. The molecular formula is C18H11FN4O4. The quantitative estimate of drug-likeness (QED) is 0.538.